The molecule has 3 N–H and O–H groups in total. The molecule has 6 nitrogen and oxygen atoms in total. The van der Waals surface area contributed by atoms with E-state index in [0.29, 0.717) is 5.39 Å². The molecule has 0 saturated carbocycles. The summed E-state index contributed by atoms with van der Waals surface area (Å²) in [6.07, 6.45) is 1.29. The van der Waals surface area contributed by atoms with Gasteiger partial charge in [-0.2, -0.15) is 4.98 Å². The van der Waals surface area contributed by atoms with Crippen LogP contribution in [-0.2, 0) is 0 Å². The Morgan fingerprint density at radius 1 is 1.64 bits per heavy atom. The predicted molar refractivity (Wildman–Crippen MR) is 36.8 cm³/mol. The Balaban J connectivity index is 3.02. The molecule has 0 bridgehead atoms. The van der Waals surface area contributed by atoms with Gasteiger partial charge in [-0.25, -0.2) is 0 Å². The molecule has 0 aliphatic carbocycles. The van der Waals surface area contributed by atoms with Gasteiger partial charge in [0.05, 0.1) is 6.20 Å². The number of rotatable bonds is 0. The smallest absolute Gasteiger partial charge is 0.266 e. The molecule has 56 valence electrons. The molecule has 0 aliphatic heterocycles. The highest BCUT2D eigenvalue weighted by Gasteiger charge is 2.04. The third kappa shape index (κ3) is 0.759. The summed E-state index contributed by atoms with van der Waals surface area (Å²) in [5.74, 6) is 0.0271. The first-order valence-corrected chi connectivity index (χ1v) is 2.87. The molecule has 2 rings (SSSR count). The minimum Gasteiger partial charge on any atom is -0.369 e. The lowest BCUT2D eigenvalue weighted by Gasteiger charge is -1.87. The summed E-state index contributed by atoms with van der Waals surface area (Å²) in [5.41, 5.74) is 5.05. The van der Waals surface area contributed by atoms with Crippen molar-refractivity contribution >= 4 is 17.0 Å². The van der Waals surface area contributed by atoms with Crippen molar-refractivity contribution in [1.82, 2.24) is 15.1 Å². The number of fused-ring (bicyclic) bond motifs is 1. The number of aromatic nitrogens is 3. The number of anilines is 1. The summed E-state index contributed by atoms with van der Waals surface area (Å²) in [6, 6.07) is 0. The highest BCUT2D eigenvalue weighted by molar-refractivity contribution is 5.70. The normalized spacial score (nSPS) is 10.5. The Hall–Kier alpha value is -1.85. The zero-order valence-corrected chi connectivity index (χ0v) is 5.37. The number of aromatic amines is 1. The summed E-state index contributed by atoms with van der Waals surface area (Å²) in [6.45, 7) is 0. The third-order valence-corrected chi connectivity index (χ3v) is 1.26. The minimum atomic E-state index is -0.339. The van der Waals surface area contributed by atoms with Crippen molar-refractivity contribution < 1.29 is 4.52 Å². The van der Waals surface area contributed by atoms with Crippen molar-refractivity contribution in [2.45, 2.75) is 0 Å². The maximum atomic E-state index is 11.0. The van der Waals surface area contributed by atoms with Crippen LogP contribution in [-0.4, -0.2) is 15.1 Å². The lowest BCUT2D eigenvalue weighted by molar-refractivity contribution is 0.448. The molecular formula is C5H4N4O2. The van der Waals surface area contributed by atoms with Crippen molar-refractivity contribution in [1.29, 1.82) is 0 Å². The Kier molecular flexibility index (Phi) is 0.974. The van der Waals surface area contributed by atoms with Crippen molar-refractivity contribution in [2.24, 2.45) is 0 Å². The van der Waals surface area contributed by atoms with E-state index in [9.17, 15) is 4.79 Å². The standard InChI is InChI=1S/C5H4N4O2/c6-5-8-3(10)2-1-7-11-4(2)9-5/h1H,(H3,6,8,9,10). The fraction of sp³-hybridized carbons (Fsp3) is 0. The number of H-pyrrole nitrogens is 1. The topological polar surface area (TPSA) is 97.8 Å². The van der Waals surface area contributed by atoms with Gasteiger partial charge in [-0.15, -0.1) is 0 Å². The van der Waals surface area contributed by atoms with E-state index in [2.05, 4.69) is 19.6 Å². The Morgan fingerprint density at radius 3 is 3.27 bits per heavy atom. The summed E-state index contributed by atoms with van der Waals surface area (Å²) in [4.78, 5) is 17.0. The van der Waals surface area contributed by atoms with Gasteiger partial charge in [-0.1, -0.05) is 5.16 Å². The van der Waals surface area contributed by atoms with Gasteiger partial charge in [0, 0.05) is 0 Å². The number of nitrogens with zero attached hydrogens (tertiary/aromatic N) is 2. The second kappa shape index (κ2) is 1.82. The van der Waals surface area contributed by atoms with E-state index in [0.717, 1.165) is 0 Å². The SMILES string of the molecule is Nc1nc2oncc2c(=O)[nH]1. The first-order valence-electron chi connectivity index (χ1n) is 2.87. The van der Waals surface area contributed by atoms with E-state index < -0.39 is 0 Å². The zero-order valence-electron chi connectivity index (χ0n) is 5.37. The molecular weight excluding hydrogens is 148 g/mol. The van der Waals surface area contributed by atoms with Crippen LogP contribution >= 0.6 is 0 Å². The van der Waals surface area contributed by atoms with E-state index in [4.69, 9.17) is 5.73 Å². The molecule has 0 saturated heterocycles. The number of nitrogens with one attached hydrogen (secondary N) is 1. The van der Waals surface area contributed by atoms with E-state index in [1.807, 2.05) is 0 Å². The van der Waals surface area contributed by atoms with Crippen molar-refractivity contribution in [3.05, 3.63) is 16.6 Å². The fourth-order valence-electron chi connectivity index (χ4n) is 0.791. The Labute approximate surface area is 60.0 Å². The molecule has 2 aromatic heterocycles. The molecule has 0 amide bonds. The number of nitrogen functional groups attached to an aromatic ring is 1. The average Bonchev–Trinajstić information content (AvgIpc) is 2.34. The maximum absolute atomic E-state index is 11.0. The molecule has 0 atom stereocenters. The molecule has 0 aromatic carbocycles. The van der Waals surface area contributed by atoms with Crippen LogP contribution in [0.3, 0.4) is 0 Å². The highest BCUT2D eigenvalue weighted by atomic mass is 16.5. The van der Waals surface area contributed by atoms with Crippen LogP contribution in [0.4, 0.5) is 5.95 Å². The summed E-state index contributed by atoms with van der Waals surface area (Å²) in [7, 11) is 0. The molecule has 0 fully saturated rings. The van der Waals surface area contributed by atoms with Gasteiger partial charge < -0.3 is 10.3 Å². The monoisotopic (exact) mass is 152 g/mol. The van der Waals surface area contributed by atoms with Crippen LogP contribution in [0.2, 0.25) is 0 Å². The molecule has 2 aromatic rings. The second-order valence-corrected chi connectivity index (χ2v) is 2.00. The van der Waals surface area contributed by atoms with Gasteiger partial charge >= 0.3 is 0 Å². The van der Waals surface area contributed by atoms with Crippen LogP contribution in [0.15, 0.2) is 15.5 Å². The molecule has 0 radical (unpaired) electrons. The average molecular weight is 152 g/mol. The first-order chi connectivity index (χ1) is 5.27. The molecule has 2 heterocycles. The van der Waals surface area contributed by atoms with Gasteiger partial charge in [0.25, 0.3) is 11.3 Å². The molecule has 0 aliphatic rings. The molecule has 0 unspecified atom stereocenters. The number of hydrogen-bond donors (Lipinski definition) is 2. The second-order valence-electron chi connectivity index (χ2n) is 2.00. The summed E-state index contributed by atoms with van der Waals surface area (Å²) >= 11 is 0. The lowest BCUT2D eigenvalue weighted by Crippen LogP contribution is -2.09. The van der Waals surface area contributed by atoms with E-state index >= 15 is 0 Å². The van der Waals surface area contributed by atoms with E-state index in [1.165, 1.54) is 6.20 Å². The third-order valence-electron chi connectivity index (χ3n) is 1.26. The van der Waals surface area contributed by atoms with E-state index in [1.54, 1.807) is 0 Å². The van der Waals surface area contributed by atoms with Gasteiger partial charge in [-0.3, -0.25) is 9.78 Å². The van der Waals surface area contributed by atoms with Crippen molar-refractivity contribution in [2.75, 3.05) is 5.73 Å². The lowest BCUT2D eigenvalue weighted by atomic mass is 10.4. The van der Waals surface area contributed by atoms with Gasteiger partial charge in [-0.05, 0) is 0 Å². The fourth-order valence-corrected chi connectivity index (χ4v) is 0.791. The van der Waals surface area contributed by atoms with Crippen molar-refractivity contribution in [3.8, 4) is 0 Å². The predicted octanol–water partition coefficient (Wildman–Crippen LogP) is -0.507. The largest absolute Gasteiger partial charge is 0.369 e. The van der Waals surface area contributed by atoms with Gasteiger partial charge in [0.1, 0.15) is 5.39 Å². The number of nitrogens with two attached hydrogens (primary N) is 1. The van der Waals surface area contributed by atoms with Crippen LogP contribution in [0.25, 0.3) is 11.1 Å². The Bertz CT molecular complexity index is 443. The van der Waals surface area contributed by atoms with Crippen LogP contribution < -0.4 is 11.3 Å². The quantitative estimate of drug-likeness (QED) is 0.530. The van der Waals surface area contributed by atoms with Crippen molar-refractivity contribution in [3.63, 3.8) is 0 Å². The van der Waals surface area contributed by atoms with Gasteiger partial charge in [0.2, 0.25) is 5.95 Å². The summed E-state index contributed by atoms with van der Waals surface area (Å²) < 4.78 is 4.62. The molecule has 11 heavy (non-hydrogen) atoms. The van der Waals surface area contributed by atoms with Gasteiger partial charge in [0.15, 0.2) is 0 Å². The summed E-state index contributed by atoms with van der Waals surface area (Å²) in [5, 5.41) is 3.70. The highest BCUT2D eigenvalue weighted by Crippen LogP contribution is 2.03. The van der Waals surface area contributed by atoms with Crippen LogP contribution in [0.5, 0.6) is 0 Å². The number of hydrogen-bond acceptors (Lipinski definition) is 5. The molecule has 0 spiro atoms. The maximum Gasteiger partial charge on any atom is 0.266 e. The van der Waals surface area contributed by atoms with E-state index in [-0.39, 0.29) is 17.2 Å². The minimum absolute atomic E-state index is 0.0271. The van der Waals surface area contributed by atoms with Crippen LogP contribution in [0, 0.1) is 0 Å². The Morgan fingerprint density at radius 2 is 2.45 bits per heavy atom. The van der Waals surface area contributed by atoms with Crippen LogP contribution in [0.1, 0.15) is 0 Å². The zero-order chi connectivity index (χ0) is 7.84. The first kappa shape index (κ1) is 5.90. The molecule has 6 heteroatoms.